The van der Waals surface area contributed by atoms with Crippen molar-refractivity contribution in [2.24, 2.45) is 5.92 Å². The van der Waals surface area contributed by atoms with Crippen LogP contribution >= 0.6 is 0 Å². The minimum atomic E-state index is -0.977. The van der Waals surface area contributed by atoms with Crippen LogP contribution in [0.5, 0.6) is 0 Å². The minimum absolute atomic E-state index is 0.0874. The molecule has 0 saturated heterocycles. The van der Waals surface area contributed by atoms with Crippen LogP contribution < -0.4 is 10.6 Å². The molecule has 0 spiro atoms. The van der Waals surface area contributed by atoms with Gasteiger partial charge >= 0.3 is 18.0 Å². The Labute approximate surface area is 106 Å². The first kappa shape index (κ1) is 16.2. The average molecular weight is 260 g/mol. The number of rotatable bonds is 7. The summed E-state index contributed by atoms with van der Waals surface area (Å²) in [5.41, 5.74) is 0. The third kappa shape index (κ3) is 6.72. The van der Waals surface area contributed by atoms with Gasteiger partial charge in [-0.25, -0.2) is 4.79 Å². The second-order valence-electron chi connectivity index (χ2n) is 3.87. The van der Waals surface area contributed by atoms with Crippen LogP contribution in [0.2, 0.25) is 0 Å². The molecule has 0 aromatic carbocycles. The molecule has 0 bridgehead atoms. The summed E-state index contributed by atoms with van der Waals surface area (Å²) in [5, 5.41) is 13.7. The van der Waals surface area contributed by atoms with Gasteiger partial charge in [-0.2, -0.15) is 0 Å². The molecule has 2 atom stereocenters. The summed E-state index contributed by atoms with van der Waals surface area (Å²) in [7, 11) is 0. The van der Waals surface area contributed by atoms with E-state index in [1.807, 2.05) is 0 Å². The standard InChI is InChI=1S/C11H20N2O5/c1-4-18-9(14)5-6-12-11(17)13-8(3)7(2)10(15)16/h7-8H,4-6H2,1-3H3,(H,15,16)(H2,12,13,17). The number of aliphatic carboxylic acids is 1. The molecular weight excluding hydrogens is 240 g/mol. The van der Waals surface area contributed by atoms with E-state index in [1.165, 1.54) is 6.92 Å². The maximum Gasteiger partial charge on any atom is 0.315 e. The number of carbonyl (C=O) groups excluding carboxylic acids is 2. The van der Waals surface area contributed by atoms with E-state index in [0.717, 1.165) is 0 Å². The number of urea groups is 1. The Bertz CT molecular complexity index is 306. The van der Waals surface area contributed by atoms with Crippen LogP contribution in [0.1, 0.15) is 27.2 Å². The van der Waals surface area contributed by atoms with Crippen LogP contribution in [0.3, 0.4) is 0 Å². The number of hydrogen-bond acceptors (Lipinski definition) is 4. The van der Waals surface area contributed by atoms with Crippen molar-refractivity contribution in [1.82, 2.24) is 10.6 Å². The van der Waals surface area contributed by atoms with Gasteiger partial charge in [-0.3, -0.25) is 9.59 Å². The first-order valence-electron chi connectivity index (χ1n) is 5.81. The molecule has 18 heavy (non-hydrogen) atoms. The smallest absolute Gasteiger partial charge is 0.315 e. The first-order valence-corrected chi connectivity index (χ1v) is 5.81. The summed E-state index contributed by atoms with van der Waals surface area (Å²) in [4.78, 5) is 33.0. The van der Waals surface area contributed by atoms with Crippen LogP contribution in [-0.2, 0) is 14.3 Å². The quantitative estimate of drug-likeness (QED) is 0.573. The number of esters is 1. The van der Waals surface area contributed by atoms with Crippen LogP contribution in [0, 0.1) is 5.92 Å². The lowest BCUT2D eigenvalue weighted by Gasteiger charge is -2.17. The van der Waals surface area contributed by atoms with Crippen molar-refractivity contribution in [3.05, 3.63) is 0 Å². The van der Waals surface area contributed by atoms with E-state index in [-0.39, 0.29) is 18.9 Å². The molecule has 0 aliphatic rings. The predicted molar refractivity (Wildman–Crippen MR) is 64.0 cm³/mol. The maximum atomic E-state index is 11.4. The van der Waals surface area contributed by atoms with Crippen LogP contribution in [0.25, 0.3) is 0 Å². The Kier molecular flexibility index (Phi) is 7.50. The van der Waals surface area contributed by atoms with Crippen LogP contribution in [0.15, 0.2) is 0 Å². The summed E-state index contributed by atoms with van der Waals surface area (Å²) < 4.78 is 4.69. The summed E-state index contributed by atoms with van der Waals surface area (Å²) in [6, 6.07) is -0.995. The van der Waals surface area contributed by atoms with Crippen molar-refractivity contribution >= 4 is 18.0 Å². The lowest BCUT2D eigenvalue weighted by molar-refractivity contribution is -0.143. The maximum absolute atomic E-state index is 11.4. The lowest BCUT2D eigenvalue weighted by Crippen LogP contribution is -2.45. The molecular formula is C11H20N2O5. The van der Waals surface area contributed by atoms with E-state index in [0.29, 0.717) is 6.61 Å². The Morgan fingerprint density at radius 3 is 2.39 bits per heavy atom. The fraction of sp³-hybridized carbons (Fsp3) is 0.727. The van der Waals surface area contributed by atoms with Gasteiger partial charge in [-0.15, -0.1) is 0 Å². The highest BCUT2D eigenvalue weighted by Crippen LogP contribution is 2.01. The highest BCUT2D eigenvalue weighted by atomic mass is 16.5. The fourth-order valence-electron chi connectivity index (χ4n) is 1.11. The van der Waals surface area contributed by atoms with Crippen molar-refractivity contribution in [1.29, 1.82) is 0 Å². The molecule has 7 heteroatoms. The van der Waals surface area contributed by atoms with E-state index in [2.05, 4.69) is 15.4 Å². The fourth-order valence-corrected chi connectivity index (χ4v) is 1.11. The molecule has 0 aliphatic carbocycles. The number of ether oxygens (including phenoxy) is 1. The van der Waals surface area contributed by atoms with E-state index in [1.54, 1.807) is 13.8 Å². The topological polar surface area (TPSA) is 105 Å². The highest BCUT2D eigenvalue weighted by molar-refractivity contribution is 5.77. The summed E-state index contributed by atoms with van der Waals surface area (Å²) in [6.45, 7) is 5.26. The summed E-state index contributed by atoms with van der Waals surface area (Å²) in [6.07, 6.45) is 0.0874. The molecule has 2 amide bonds. The minimum Gasteiger partial charge on any atom is -0.481 e. The molecule has 0 aromatic rings. The molecule has 104 valence electrons. The molecule has 0 aromatic heterocycles. The van der Waals surface area contributed by atoms with E-state index >= 15 is 0 Å². The van der Waals surface area contributed by atoms with Gasteiger partial charge in [-0.05, 0) is 20.8 Å². The molecule has 0 radical (unpaired) electrons. The van der Waals surface area contributed by atoms with Crippen molar-refractivity contribution in [3.8, 4) is 0 Å². The second kappa shape index (κ2) is 8.32. The Morgan fingerprint density at radius 1 is 1.28 bits per heavy atom. The van der Waals surface area contributed by atoms with Gasteiger partial charge in [-0.1, -0.05) is 0 Å². The van der Waals surface area contributed by atoms with Crippen molar-refractivity contribution in [2.45, 2.75) is 33.2 Å². The number of carboxylic acid groups (broad SMARTS) is 1. The molecule has 0 saturated carbocycles. The van der Waals surface area contributed by atoms with Gasteiger partial charge in [0.15, 0.2) is 0 Å². The van der Waals surface area contributed by atoms with Gasteiger partial charge < -0.3 is 20.5 Å². The molecule has 0 aliphatic heterocycles. The van der Waals surface area contributed by atoms with Gasteiger partial charge in [0, 0.05) is 12.6 Å². The zero-order valence-electron chi connectivity index (χ0n) is 10.9. The van der Waals surface area contributed by atoms with Gasteiger partial charge in [0.25, 0.3) is 0 Å². The average Bonchev–Trinajstić information content (AvgIpc) is 2.27. The number of nitrogens with one attached hydrogen (secondary N) is 2. The van der Waals surface area contributed by atoms with E-state index < -0.39 is 24.0 Å². The van der Waals surface area contributed by atoms with Gasteiger partial charge in [0.1, 0.15) is 0 Å². The highest BCUT2D eigenvalue weighted by Gasteiger charge is 2.20. The molecule has 3 N–H and O–H groups in total. The van der Waals surface area contributed by atoms with Gasteiger partial charge in [0.05, 0.1) is 18.9 Å². The molecule has 2 unspecified atom stereocenters. The number of carboxylic acids is 1. The zero-order chi connectivity index (χ0) is 14.1. The van der Waals surface area contributed by atoms with Crippen molar-refractivity contribution < 1.29 is 24.2 Å². The third-order valence-corrected chi connectivity index (χ3v) is 2.42. The Balaban J connectivity index is 3.84. The number of carbonyl (C=O) groups is 3. The lowest BCUT2D eigenvalue weighted by atomic mass is 10.0. The SMILES string of the molecule is CCOC(=O)CCNC(=O)NC(C)C(C)C(=O)O. The van der Waals surface area contributed by atoms with Crippen LogP contribution in [0.4, 0.5) is 4.79 Å². The van der Waals surface area contributed by atoms with Crippen molar-refractivity contribution in [3.63, 3.8) is 0 Å². The third-order valence-electron chi connectivity index (χ3n) is 2.42. The van der Waals surface area contributed by atoms with E-state index in [4.69, 9.17) is 5.11 Å². The monoisotopic (exact) mass is 260 g/mol. The summed E-state index contributed by atoms with van der Waals surface area (Å²) in [5.74, 6) is -2.04. The van der Waals surface area contributed by atoms with Crippen molar-refractivity contribution in [2.75, 3.05) is 13.2 Å². The summed E-state index contributed by atoms with van der Waals surface area (Å²) >= 11 is 0. The molecule has 0 fully saturated rings. The number of hydrogen-bond donors (Lipinski definition) is 3. The Hall–Kier alpha value is -1.79. The van der Waals surface area contributed by atoms with Gasteiger partial charge in [0.2, 0.25) is 0 Å². The molecule has 7 nitrogen and oxygen atoms in total. The number of amides is 2. The normalized spacial score (nSPS) is 13.3. The second-order valence-corrected chi connectivity index (χ2v) is 3.87. The predicted octanol–water partition coefficient (Wildman–Crippen LogP) is 0.348. The Morgan fingerprint density at radius 2 is 1.89 bits per heavy atom. The zero-order valence-corrected chi connectivity index (χ0v) is 10.9. The molecule has 0 rings (SSSR count). The van der Waals surface area contributed by atoms with E-state index in [9.17, 15) is 14.4 Å². The first-order chi connectivity index (χ1) is 8.38. The molecule has 0 heterocycles. The largest absolute Gasteiger partial charge is 0.481 e. The van der Waals surface area contributed by atoms with Crippen LogP contribution in [-0.4, -0.2) is 42.3 Å².